The lowest BCUT2D eigenvalue weighted by molar-refractivity contribution is 0.0510. The third kappa shape index (κ3) is 4.20. The maximum Gasteiger partial charge on any atom is 0.145 e. The summed E-state index contributed by atoms with van der Waals surface area (Å²) in [5.74, 6) is 0.936. The number of para-hydroxylation sites is 2. The highest BCUT2D eigenvalue weighted by atomic mass is 35.5. The molecule has 0 spiro atoms. The maximum atomic E-state index is 5.96. The molecular weight excluding hydrogens is 362 g/mol. The number of benzene rings is 2. The average Bonchev–Trinajstić information content (AvgIpc) is 3.17. The van der Waals surface area contributed by atoms with E-state index in [4.69, 9.17) is 21.2 Å². The Morgan fingerprint density at radius 1 is 1.07 bits per heavy atom. The smallest absolute Gasteiger partial charge is 0.145 e. The van der Waals surface area contributed by atoms with Gasteiger partial charge in [0.15, 0.2) is 0 Å². The third-order valence-electron chi connectivity index (χ3n) is 5.17. The predicted octanol–water partition coefficient (Wildman–Crippen LogP) is 3.66. The first-order valence-corrected chi connectivity index (χ1v) is 9.69. The zero-order valence-corrected chi connectivity index (χ0v) is 16.2. The number of nitrogens with zero attached hydrogens (tertiary/aromatic N) is 3. The summed E-state index contributed by atoms with van der Waals surface area (Å²) in [6.45, 7) is 4.89. The van der Waals surface area contributed by atoms with E-state index < -0.39 is 0 Å². The normalized spacial score (nSPS) is 20.3. The predicted molar refractivity (Wildman–Crippen MR) is 109 cm³/mol. The van der Waals surface area contributed by atoms with Crippen LogP contribution in [-0.2, 0) is 4.84 Å². The van der Waals surface area contributed by atoms with Gasteiger partial charge in [0.25, 0.3) is 0 Å². The molecule has 1 atom stereocenters. The van der Waals surface area contributed by atoms with Crippen LogP contribution in [0.4, 0.5) is 5.69 Å². The van der Waals surface area contributed by atoms with Crippen molar-refractivity contribution < 1.29 is 9.57 Å². The molecule has 5 nitrogen and oxygen atoms in total. The molecular formula is C21H24ClN3O2. The first kappa shape index (κ1) is 18.1. The lowest BCUT2D eigenvalue weighted by Crippen LogP contribution is -2.48. The molecule has 0 unspecified atom stereocenters. The van der Waals surface area contributed by atoms with Crippen molar-refractivity contribution in [1.29, 1.82) is 0 Å². The van der Waals surface area contributed by atoms with E-state index >= 15 is 0 Å². The van der Waals surface area contributed by atoms with E-state index in [9.17, 15) is 0 Å². The minimum absolute atomic E-state index is 0.119. The fourth-order valence-corrected chi connectivity index (χ4v) is 3.82. The molecule has 6 heteroatoms. The molecule has 0 bridgehead atoms. The van der Waals surface area contributed by atoms with Gasteiger partial charge in [-0.05, 0) is 29.8 Å². The van der Waals surface area contributed by atoms with Crippen LogP contribution in [-0.4, -0.2) is 56.5 Å². The topological polar surface area (TPSA) is 37.3 Å². The first-order valence-electron chi connectivity index (χ1n) is 9.32. The molecule has 0 N–H and O–H groups in total. The highest BCUT2D eigenvalue weighted by Gasteiger charge is 2.27. The van der Waals surface area contributed by atoms with Gasteiger partial charge in [-0.3, -0.25) is 4.90 Å². The highest BCUT2D eigenvalue weighted by Crippen LogP contribution is 2.28. The zero-order chi connectivity index (χ0) is 18.6. The van der Waals surface area contributed by atoms with E-state index in [0.29, 0.717) is 0 Å². The summed E-state index contributed by atoms with van der Waals surface area (Å²) in [5, 5.41) is 5.03. The van der Waals surface area contributed by atoms with Crippen LogP contribution in [0.5, 0.6) is 5.75 Å². The monoisotopic (exact) mass is 385 g/mol. The van der Waals surface area contributed by atoms with Gasteiger partial charge in [-0.2, -0.15) is 0 Å². The lowest BCUT2D eigenvalue weighted by atomic mass is 10.0. The summed E-state index contributed by atoms with van der Waals surface area (Å²) < 4.78 is 5.50. The molecule has 0 radical (unpaired) electrons. The Labute approximate surface area is 165 Å². The number of anilines is 1. The third-order valence-corrected chi connectivity index (χ3v) is 5.42. The molecule has 0 aromatic heterocycles. The highest BCUT2D eigenvalue weighted by molar-refractivity contribution is 6.30. The van der Waals surface area contributed by atoms with Crippen molar-refractivity contribution in [3.05, 3.63) is 59.1 Å². The van der Waals surface area contributed by atoms with Crippen molar-refractivity contribution in [2.24, 2.45) is 5.16 Å². The van der Waals surface area contributed by atoms with Gasteiger partial charge in [0.05, 0.1) is 18.5 Å². The summed E-state index contributed by atoms with van der Waals surface area (Å²) >= 11 is 5.96. The minimum atomic E-state index is 0.119. The number of ether oxygens (including phenoxy) is 1. The van der Waals surface area contributed by atoms with Crippen molar-refractivity contribution in [1.82, 2.24) is 4.90 Å². The van der Waals surface area contributed by atoms with E-state index in [1.807, 2.05) is 36.4 Å². The van der Waals surface area contributed by atoms with Gasteiger partial charge in [0, 0.05) is 44.2 Å². The SMILES string of the molecule is COc1ccccc1N1CCN(C[C@H]2CC(c3ccc(Cl)cc3)=NO2)CC1. The number of methoxy groups -OCH3 is 1. The van der Waals surface area contributed by atoms with Gasteiger partial charge in [0.2, 0.25) is 0 Å². The molecule has 142 valence electrons. The molecule has 2 aromatic carbocycles. The molecule has 2 aliphatic rings. The van der Waals surface area contributed by atoms with Gasteiger partial charge in [-0.15, -0.1) is 0 Å². The molecule has 4 rings (SSSR count). The number of rotatable bonds is 5. The summed E-state index contributed by atoms with van der Waals surface area (Å²) in [5.41, 5.74) is 3.26. The second-order valence-corrected chi connectivity index (χ2v) is 7.37. The van der Waals surface area contributed by atoms with Crippen molar-refractivity contribution in [2.75, 3.05) is 44.7 Å². The van der Waals surface area contributed by atoms with Gasteiger partial charge < -0.3 is 14.5 Å². The molecule has 2 aliphatic heterocycles. The molecule has 0 amide bonds. The summed E-state index contributed by atoms with van der Waals surface area (Å²) in [7, 11) is 1.73. The molecule has 2 aromatic rings. The number of hydrogen-bond acceptors (Lipinski definition) is 5. The van der Waals surface area contributed by atoms with Crippen LogP contribution >= 0.6 is 11.6 Å². The number of halogens is 1. The van der Waals surface area contributed by atoms with Gasteiger partial charge in [0.1, 0.15) is 11.9 Å². The lowest BCUT2D eigenvalue weighted by Gasteiger charge is -2.37. The van der Waals surface area contributed by atoms with E-state index in [2.05, 4.69) is 27.1 Å². The molecule has 1 fully saturated rings. The van der Waals surface area contributed by atoms with E-state index in [-0.39, 0.29) is 6.10 Å². The van der Waals surface area contributed by atoms with E-state index in [1.165, 1.54) is 5.69 Å². The van der Waals surface area contributed by atoms with Crippen LogP contribution in [0.1, 0.15) is 12.0 Å². The van der Waals surface area contributed by atoms with E-state index in [0.717, 1.165) is 61.2 Å². The van der Waals surface area contributed by atoms with Gasteiger partial charge >= 0.3 is 0 Å². The molecule has 27 heavy (non-hydrogen) atoms. The quantitative estimate of drug-likeness (QED) is 0.787. The first-order chi connectivity index (χ1) is 13.2. The number of piperazine rings is 1. The van der Waals surface area contributed by atoms with Crippen molar-refractivity contribution in [3.63, 3.8) is 0 Å². The van der Waals surface area contributed by atoms with Crippen LogP contribution in [0.2, 0.25) is 5.02 Å². The molecule has 2 heterocycles. The Hall–Kier alpha value is -2.24. The second kappa shape index (κ2) is 8.19. The summed E-state index contributed by atoms with van der Waals surface area (Å²) in [4.78, 5) is 10.5. The Morgan fingerprint density at radius 2 is 1.81 bits per heavy atom. The van der Waals surface area contributed by atoms with Crippen molar-refractivity contribution >= 4 is 23.0 Å². The van der Waals surface area contributed by atoms with Crippen LogP contribution < -0.4 is 9.64 Å². The average molecular weight is 386 g/mol. The van der Waals surface area contributed by atoms with Crippen LogP contribution in [0, 0.1) is 0 Å². The fourth-order valence-electron chi connectivity index (χ4n) is 3.69. The van der Waals surface area contributed by atoms with Crippen LogP contribution in [0.3, 0.4) is 0 Å². The number of oxime groups is 1. The Morgan fingerprint density at radius 3 is 2.56 bits per heavy atom. The zero-order valence-electron chi connectivity index (χ0n) is 15.5. The van der Waals surface area contributed by atoms with E-state index in [1.54, 1.807) is 7.11 Å². The fraction of sp³-hybridized carbons (Fsp3) is 0.381. The molecule has 0 saturated carbocycles. The number of hydrogen-bond donors (Lipinski definition) is 0. The standard InChI is InChI=1S/C21H24ClN3O2/c1-26-21-5-3-2-4-20(21)25-12-10-24(11-13-25)15-18-14-19(23-27-18)16-6-8-17(22)9-7-16/h2-9,18H,10-15H2,1H3/t18-/m1/s1. The Bertz CT molecular complexity index is 801. The maximum absolute atomic E-state index is 5.96. The van der Waals surface area contributed by atoms with Crippen molar-refractivity contribution in [3.8, 4) is 5.75 Å². The van der Waals surface area contributed by atoms with Crippen LogP contribution in [0.15, 0.2) is 53.7 Å². The summed E-state index contributed by atoms with van der Waals surface area (Å²) in [6, 6.07) is 16.0. The van der Waals surface area contributed by atoms with Gasteiger partial charge in [-0.1, -0.05) is 41.0 Å². The van der Waals surface area contributed by atoms with Gasteiger partial charge in [-0.25, -0.2) is 0 Å². The molecule has 0 aliphatic carbocycles. The molecule has 1 saturated heterocycles. The Balaban J connectivity index is 1.28. The minimum Gasteiger partial charge on any atom is -0.495 e. The Kier molecular flexibility index (Phi) is 5.50. The van der Waals surface area contributed by atoms with Crippen LogP contribution in [0.25, 0.3) is 0 Å². The largest absolute Gasteiger partial charge is 0.495 e. The second-order valence-electron chi connectivity index (χ2n) is 6.94. The van der Waals surface area contributed by atoms with Crippen molar-refractivity contribution in [2.45, 2.75) is 12.5 Å². The summed E-state index contributed by atoms with van der Waals surface area (Å²) in [6.07, 6.45) is 0.961.